The Labute approximate surface area is 844 Å². The van der Waals surface area contributed by atoms with Crippen molar-refractivity contribution in [3.8, 4) is 144 Å². The third kappa shape index (κ3) is 16.6. The Morgan fingerprint density at radius 1 is 0.231 bits per heavy atom. The molecule has 0 fully saturated rings. The van der Waals surface area contributed by atoms with Crippen molar-refractivity contribution in [2.75, 3.05) is 54.3 Å². The van der Waals surface area contributed by atoms with Crippen molar-refractivity contribution >= 4 is 137 Å². The van der Waals surface area contributed by atoms with E-state index in [-0.39, 0.29) is 5.41 Å². The lowest BCUT2D eigenvalue weighted by molar-refractivity contribution is 0.175. The van der Waals surface area contributed by atoms with Crippen LogP contribution in [-0.4, -0.2) is 49.6 Å². The van der Waals surface area contributed by atoms with Crippen LogP contribution in [0.3, 0.4) is 0 Å². The fraction of sp³-hybridized carbons (Fsp3) is 0.0709. The largest absolute Gasteiger partial charge is 0.485 e. The van der Waals surface area contributed by atoms with Crippen molar-refractivity contribution in [2.24, 2.45) is 0 Å². The highest BCUT2D eigenvalue weighted by Crippen LogP contribution is 2.62. The van der Waals surface area contributed by atoms with Crippen LogP contribution in [0.4, 0.5) is 49.1 Å². The van der Waals surface area contributed by atoms with Gasteiger partial charge in [-0.15, -0.1) is 45.3 Å². The van der Waals surface area contributed by atoms with Crippen LogP contribution in [-0.2, 0) is 5.41 Å². The van der Waals surface area contributed by atoms with E-state index < -0.39 is 0 Å². The predicted octanol–water partition coefficient (Wildman–Crippen LogP) is 35.3. The molecule has 12 nitrogen and oxygen atoms in total. The Morgan fingerprint density at radius 3 is 0.965 bits per heavy atom. The molecule has 0 spiro atoms. The maximum absolute atomic E-state index is 6.45. The van der Waals surface area contributed by atoms with E-state index in [2.05, 4.69) is 433 Å². The summed E-state index contributed by atoms with van der Waals surface area (Å²) in [6, 6.07) is 152. The highest BCUT2D eigenvalue weighted by molar-refractivity contribution is 7.26. The zero-order valence-electron chi connectivity index (χ0n) is 78.1. The molecular formula is C127H91N5O7S4. The van der Waals surface area contributed by atoms with E-state index in [0.717, 1.165) is 153 Å². The van der Waals surface area contributed by atoms with Gasteiger partial charge in [0.2, 0.25) is 5.71 Å². The van der Waals surface area contributed by atoms with Gasteiger partial charge in [-0.05, 0) is 197 Å². The van der Waals surface area contributed by atoms with Gasteiger partial charge < -0.3 is 32.8 Å². The zero-order chi connectivity index (χ0) is 95.3. The Bertz CT molecular complexity index is 8240. The lowest BCUT2D eigenvalue weighted by Gasteiger charge is -2.28. The topological polar surface area (TPSA) is 104 Å². The molecule has 0 saturated carbocycles. The quantitative estimate of drug-likeness (QED) is 0.0817. The molecule has 27 rings (SSSR count). The normalized spacial score (nSPS) is 12.9. The summed E-state index contributed by atoms with van der Waals surface area (Å²) in [6.45, 7) is 7.78. The summed E-state index contributed by atoms with van der Waals surface area (Å²) in [5, 5.41) is 7.52. The molecule has 4 aliphatic rings. The first-order valence-corrected chi connectivity index (χ1v) is 51.3. The molecule has 0 unspecified atom stereocenters. The van der Waals surface area contributed by atoms with Gasteiger partial charge in [0, 0.05) is 83.7 Å². The molecule has 3 aliphatic heterocycles. The third-order valence-corrected chi connectivity index (χ3v) is 31.7. The van der Waals surface area contributed by atoms with Crippen LogP contribution in [0.2, 0.25) is 0 Å². The van der Waals surface area contributed by atoms with Crippen LogP contribution in [0.5, 0.6) is 34.5 Å². The van der Waals surface area contributed by atoms with E-state index in [9.17, 15) is 0 Å². The van der Waals surface area contributed by atoms with Crippen LogP contribution in [0.25, 0.3) is 152 Å². The fourth-order valence-electron chi connectivity index (χ4n) is 20.0. The van der Waals surface area contributed by atoms with Crippen LogP contribution in [0.15, 0.2) is 448 Å². The van der Waals surface area contributed by atoms with Crippen molar-refractivity contribution in [1.82, 2.24) is 9.97 Å². The Balaban J connectivity index is 0.000000113. The monoisotopic (exact) mass is 1930 g/mol. The SMILES string of the molecule is CC1(C)c2ccccc2-c2ccc(N(c3ccc(-c4ccc(-c5ccccc5)cc4)cc3)c3sc(-c4ccccc4)c4c3OCCO4)cc21.c1ccc(-c2ccc(N(c3ccc(-c4cccc5c4oc4ncccc45)cc3)c3sc(-c4ccccc4)c4c3OCCO4)cc2)cc1.c1ccc(-c2ccc(N(c3ccc(-c4cccc5c4sc4ncccc45)cc3)c3sc(-c4ccccc4)c4c3OCCO4)cc2)cc1. The summed E-state index contributed by atoms with van der Waals surface area (Å²) in [7, 11) is 0. The number of ether oxygens (including phenoxy) is 6. The summed E-state index contributed by atoms with van der Waals surface area (Å²) in [5.74, 6) is 4.81. The van der Waals surface area contributed by atoms with Gasteiger partial charge in [-0.3, -0.25) is 14.7 Å². The summed E-state index contributed by atoms with van der Waals surface area (Å²) in [5.41, 5.74) is 30.3. The minimum absolute atomic E-state index is 0.118. The molecule has 23 aromatic rings. The Kier molecular flexibility index (Phi) is 23.3. The van der Waals surface area contributed by atoms with Crippen LogP contribution < -0.4 is 43.1 Å². The number of thiophene rings is 4. The summed E-state index contributed by atoms with van der Waals surface area (Å²) < 4.78 is 45.6. The molecule has 0 radical (unpaired) electrons. The number of furan rings is 1. The predicted molar refractivity (Wildman–Crippen MR) is 592 cm³/mol. The number of nitrogens with zero attached hydrogens (tertiary/aromatic N) is 5. The number of benzene rings is 16. The Morgan fingerprint density at radius 2 is 0.538 bits per heavy atom. The van der Waals surface area contributed by atoms with Gasteiger partial charge in [0.05, 0.1) is 14.6 Å². The maximum atomic E-state index is 6.45. The van der Waals surface area contributed by atoms with Gasteiger partial charge >= 0.3 is 0 Å². The first-order chi connectivity index (χ1) is 70.7. The molecule has 0 amide bonds. The highest BCUT2D eigenvalue weighted by atomic mass is 32.1. The number of rotatable bonds is 18. The molecule has 143 heavy (non-hydrogen) atoms. The molecule has 16 aromatic carbocycles. The third-order valence-electron chi connectivity index (χ3n) is 27.0. The van der Waals surface area contributed by atoms with E-state index in [1.54, 1.807) is 51.5 Å². The number of hydrogen-bond donors (Lipinski definition) is 0. The summed E-state index contributed by atoms with van der Waals surface area (Å²) >= 11 is 6.86. The van der Waals surface area contributed by atoms with Gasteiger partial charge in [0.1, 0.15) is 65.1 Å². The molecular weight excluding hydrogens is 1840 g/mol. The number of para-hydroxylation sites is 1. The van der Waals surface area contributed by atoms with Crippen molar-refractivity contribution in [2.45, 2.75) is 19.3 Å². The molecule has 0 bridgehead atoms. The van der Waals surface area contributed by atoms with Crippen LogP contribution in [0, 0.1) is 0 Å². The zero-order valence-corrected chi connectivity index (χ0v) is 81.4. The second-order valence-corrected chi connectivity index (χ2v) is 40.0. The average Bonchev–Trinajstić information content (AvgIpc) is 1.57. The van der Waals surface area contributed by atoms with E-state index in [0.29, 0.717) is 45.4 Å². The number of fused-ring (bicyclic) bond motifs is 12. The second-order valence-electron chi connectivity index (χ2n) is 36.0. The van der Waals surface area contributed by atoms with Gasteiger partial charge in [-0.2, -0.15) is 0 Å². The minimum atomic E-state index is -0.118. The molecule has 1 aliphatic carbocycles. The lowest BCUT2D eigenvalue weighted by Crippen LogP contribution is -2.18. The van der Waals surface area contributed by atoms with E-state index in [1.165, 1.54) is 87.8 Å². The molecule has 0 saturated heterocycles. The van der Waals surface area contributed by atoms with E-state index in [1.807, 2.05) is 42.6 Å². The van der Waals surface area contributed by atoms with Crippen molar-refractivity contribution in [3.05, 3.63) is 454 Å². The maximum Gasteiger partial charge on any atom is 0.227 e. The van der Waals surface area contributed by atoms with Crippen LogP contribution >= 0.6 is 45.3 Å². The first-order valence-electron chi connectivity index (χ1n) is 48.1. The minimum Gasteiger partial charge on any atom is -0.485 e. The lowest BCUT2D eigenvalue weighted by atomic mass is 9.82. The van der Waals surface area contributed by atoms with Gasteiger partial charge in [-0.25, -0.2) is 9.97 Å². The van der Waals surface area contributed by atoms with Gasteiger partial charge in [0.25, 0.3) is 0 Å². The number of anilines is 9. The van der Waals surface area contributed by atoms with Crippen LogP contribution in [0.1, 0.15) is 25.0 Å². The van der Waals surface area contributed by atoms with E-state index in [4.69, 9.17) is 32.8 Å². The summed E-state index contributed by atoms with van der Waals surface area (Å²) in [4.78, 5) is 20.3. The molecule has 10 heterocycles. The van der Waals surface area contributed by atoms with E-state index >= 15 is 0 Å². The van der Waals surface area contributed by atoms with Gasteiger partial charge in [0.15, 0.2) is 34.5 Å². The summed E-state index contributed by atoms with van der Waals surface area (Å²) in [6.07, 6.45) is 3.63. The molecule has 16 heteroatoms. The molecule has 0 atom stereocenters. The van der Waals surface area contributed by atoms with Crippen molar-refractivity contribution in [1.29, 1.82) is 0 Å². The Hall–Kier alpha value is -16.9. The fourth-order valence-corrected chi connectivity index (χ4v) is 24.9. The standard InChI is InChI=1S/C45H35NO2S.C41H28N2O3S.C41H28N2O2S2/c1-45(2)39-16-10-9-15-37(39)38-26-25-36(29-40(38)45)46(44-42-41(47-27-28-48-42)43(49-44)34-13-7-4-8-14-34)35-23-21-33(22-24-35)32-19-17-31(18-20-32)30-11-5-3-6-12-30;1-3-9-27(10-4-1)28-16-20-31(21-17-28)43(41-38-37(44-25-26-45-38)39(47-41)30-11-5-2-6-12-30)32-22-18-29(19-23-32)33-13-7-14-34-35-15-8-24-42-40(35)46-36(33)34;1-3-9-27(10-4-1)28-16-20-31(21-17-28)43(41-37-36(44-25-26-45-37)38(47-41)30-11-5-2-6-12-30)32-22-18-29(19-23-32)33-13-7-14-34-35-15-8-24-42-40(35)46-39(33)34/h3-26,29H,27-28H2,1-2H3;2*1-24H,25-26H2. The number of aromatic nitrogens is 2. The van der Waals surface area contributed by atoms with Crippen molar-refractivity contribution in [3.63, 3.8) is 0 Å². The highest BCUT2D eigenvalue weighted by Gasteiger charge is 2.39. The second kappa shape index (κ2) is 38.0. The smallest absolute Gasteiger partial charge is 0.227 e. The molecule has 0 N–H and O–H groups in total. The van der Waals surface area contributed by atoms with Crippen molar-refractivity contribution < 1.29 is 32.8 Å². The van der Waals surface area contributed by atoms with Gasteiger partial charge in [-0.1, -0.05) is 347 Å². The molecule has 7 aromatic heterocycles. The number of pyridine rings is 2. The molecule has 690 valence electrons. The number of hydrogen-bond acceptors (Lipinski definition) is 16. The first kappa shape index (κ1) is 87.6. The average molecular weight is 1930 g/mol.